The van der Waals surface area contributed by atoms with Gasteiger partial charge in [0.15, 0.2) is 0 Å². The molecule has 0 bridgehead atoms. The van der Waals surface area contributed by atoms with Gasteiger partial charge in [-0.3, -0.25) is 4.79 Å². The Morgan fingerprint density at radius 1 is 1.30 bits per heavy atom. The first-order chi connectivity index (χ1) is 9.70. The summed E-state index contributed by atoms with van der Waals surface area (Å²) in [7, 11) is 0. The number of amides is 1. The van der Waals surface area contributed by atoms with E-state index in [9.17, 15) is 4.79 Å². The number of nitrogen functional groups attached to an aromatic ring is 1. The average Bonchev–Trinajstić information content (AvgIpc) is 2.47. The highest BCUT2D eigenvalue weighted by molar-refractivity contribution is 5.76. The number of anilines is 1. The molecule has 3 heteroatoms. The summed E-state index contributed by atoms with van der Waals surface area (Å²) in [6.45, 7) is 4.11. The Labute approximate surface area is 122 Å². The lowest BCUT2D eigenvalue weighted by Gasteiger charge is -2.32. The molecule has 1 saturated heterocycles. The van der Waals surface area contributed by atoms with Gasteiger partial charge in [-0.25, -0.2) is 0 Å². The maximum absolute atomic E-state index is 12.2. The Kier molecular flexibility index (Phi) is 5.45. The number of para-hydroxylation sites is 1. The first kappa shape index (κ1) is 14.9. The van der Waals surface area contributed by atoms with Gasteiger partial charge >= 0.3 is 0 Å². The predicted molar refractivity (Wildman–Crippen MR) is 83.4 cm³/mol. The summed E-state index contributed by atoms with van der Waals surface area (Å²) < 4.78 is 0. The molecule has 0 saturated carbocycles. The van der Waals surface area contributed by atoms with Crippen LogP contribution < -0.4 is 5.73 Å². The number of rotatable bonds is 5. The van der Waals surface area contributed by atoms with Gasteiger partial charge in [0.2, 0.25) is 5.91 Å². The Hall–Kier alpha value is -1.51. The fourth-order valence-electron chi connectivity index (χ4n) is 3.04. The van der Waals surface area contributed by atoms with Crippen LogP contribution in [0.15, 0.2) is 24.3 Å². The monoisotopic (exact) mass is 274 g/mol. The van der Waals surface area contributed by atoms with Crippen LogP contribution >= 0.6 is 0 Å². The molecule has 1 aliphatic heterocycles. The van der Waals surface area contributed by atoms with Crippen molar-refractivity contribution in [2.24, 2.45) is 5.92 Å². The van der Waals surface area contributed by atoms with Gasteiger partial charge in [0.05, 0.1) is 0 Å². The number of aryl methyl sites for hydroxylation is 1. The number of piperidine rings is 1. The van der Waals surface area contributed by atoms with Crippen LogP contribution in [0.5, 0.6) is 0 Å². The molecule has 1 fully saturated rings. The standard InChI is InChI=1S/C17H26N2O/c1-2-5-14-10-12-19(13-11-14)17(20)9-8-15-6-3-4-7-16(15)18/h3-4,6-7,14H,2,5,8-13,18H2,1H3. The molecule has 1 aliphatic rings. The summed E-state index contributed by atoms with van der Waals surface area (Å²) in [5, 5.41) is 0. The summed E-state index contributed by atoms with van der Waals surface area (Å²) in [4.78, 5) is 14.3. The summed E-state index contributed by atoms with van der Waals surface area (Å²) in [6.07, 6.45) is 6.24. The summed E-state index contributed by atoms with van der Waals surface area (Å²) in [5.74, 6) is 1.11. The van der Waals surface area contributed by atoms with Crippen molar-refractivity contribution in [3.05, 3.63) is 29.8 Å². The van der Waals surface area contributed by atoms with Crippen LogP contribution in [0, 0.1) is 5.92 Å². The smallest absolute Gasteiger partial charge is 0.222 e. The number of nitrogens with zero attached hydrogens (tertiary/aromatic N) is 1. The van der Waals surface area contributed by atoms with Crippen molar-refractivity contribution in [3.8, 4) is 0 Å². The third-order valence-corrected chi connectivity index (χ3v) is 4.33. The molecule has 0 radical (unpaired) electrons. The predicted octanol–water partition coefficient (Wildman–Crippen LogP) is 3.24. The van der Waals surface area contributed by atoms with E-state index in [1.165, 1.54) is 25.7 Å². The van der Waals surface area contributed by atoms with E-state index < -0.39 is 0 Å². The van der Waals surface area contributed by atoms with Crippen LogP contribution in [-0.4, -0.2) is 23.9 Å². The van der Waals surface area contributed by atoms with E-state index in [2.05, 4.69) is 6.92 Å². The molecule has 110 valence electrons. The topological polar surface area (TPSA) is 46.3 Å². The summed E-state index contributed by atoms with van der Waals surface area (Å²) in [5.41, 5.74) is 7.79. The highest BCUT2D eigenvalue weighted by Crippen LogP contribution is 2.22. The second-order valence-corrected chi connectivity index (χ2v) is 5.81. The van der Waals surface area contributed by atoms with Gasteiger partial charge in [-0.2, -0.15) is 0 Å². The first-order valence-electron chi connectivity index (χ1n) is 7.82. The maximum atomic E-state index is 12.2. The molecule has 0 atom stereocenters. The van der Waals surface area contributed by atoms with Crippen LogP contribution in [0.4, 0.5) is 5.69 Å². The fraction of sp³-hybridized carbons (Fsp3) is 0.588. The zero-order valence-electron chi connectivity index (χ0n) is 12.5. The second kappa shape index (κ2) is 7.32. The molecule has 1 aromatic carbocycles. The third kappa shape index (κ3) is 3.99. The van der Waals surface area contributed by atoms with Gasteiger partial charge in [-0.05, 0) is 36.8 Å². The minimum atomic E-state index is 0.281. The van der Waals surface area contributed by atoms with E-state index in [1.54, 1.807) is 0 Å². The normalized spacial score (nSPS) is 16.4. The molecule has 1 amide bonds. The highest BCUT2D eigenvalue weighted by atomic mass is 16.2. The Morgan fingerprint density at radius 3 is 2.65 bits per heavy atom. The molecule has 0 unspecified atom stereocenters. The molecule has 2 N–H and O–H groups in total. The molecule has 0 aromatic heterocycles. The van der Waals surface area contributed by atoms with Crippen LogP contribution in [0.2, 0.25) is 0 Å². The highest BCUT2D eigenvalue weighted by Gasteiger charge is 2.21. The van der Waals surface area contributed by atoms with Gasteiger partial charge in [-0.1, -0.05) is 38.0 Å². The van der Waals surface area contributed by atoms with Crippen LogP contribution in [-0.2, 0) is 11.2 Å². The van der Waals surface area contributed by atoms with E-state index in [0.29, 0.717) is 6.42 Å². The quantitative estimate of drug-likeness (QED) is 0.838. The summed E-state index contributed by atoms with van der Waals surface area (Å²) >= 11 is 0. The van der Waals surface area contributed by atoms with Gasteiger partial charge in [0.1, 0.15) is 0 Å². The number of likely N-dealkylation sites (tertiary alicyclic amines) is 1. The Bertz CT molecular complexity index is 436. The van der Waals surface area contributed by atoms with Crippen molar-refractivity contribution in [2.45, 2.75) is 45.4 Å². The number of hydrogen-bond acceptors (Lipinski definition) is 2. The van der Waals surface area contributed by atoms with E-state index in [1.807, 2.05) is 29.2 Å². The molecule has 1 aromatic rings. The lowest BCUT2D eigenvalue weighted by atomic mass is 9.92. The molecule has 1 heterocycles. The van der Waals surface area contributed by atoms with Crippen LogP contribution in [0.25, 0.3) is 0 Å². The molecule has 3 nitrogen and oxygen atoms in total. The SMILES string of the molecule is CCCC1CCN(C(=O)CCc2ccccc2N)CC1. The Morgan fingerprint density at radius 2 is 2.00 bits per heavy atom. The van der Waals surface area contributed by atoms with Crippen molar-refractivity contribution in [2.75, 3.05) is 18.8 Å². The van der Waals surface area contributed by atoms with Gasteiger partial charge in [-0.15, -0.1) is 0 Å². The maximum Gasteiger partial charge on any atom is 0.222 e. The zero-order chi connectivity index (χ0) is 14.4. The Balaban J connectivity index is 1.77. The molecule has 20 heavy (non-hydrogen) atoms. The number of benzene rings is 1. The fourth-order valence-corrected chi connectivity index (χ4v) is 3.04. The first-order valence-corrected chi connectivity index (χ1v) is 7.82. The van der Waals surface area contributed by atoms with Crippen molar-refractivity contribution in [1.82, 2.24) is 4.90 Å². The van der Waals surface area contributed by atoms with Gasteiger partial charge < -0.3 is 10.6 Å². The minimum Gasteiger partial charge on any atom is -0.399 e. The van der Waals surface area contributed by atoms with Crippen LogP contribution in [0.3, 0.4) is 0 Å². The van der Waals surface area contributed by atoms with Crippen molar-refractivity contribution in [1.29, 1.82) is 0 Å². The number of nitrogens with two attached hydrogens (primary N) is 1. The molecular weight excluding hydrogens is 248 g/mol. The molecular formula is C17H26N2O. The van der Waals surface area contributed by atoms with E-state index in [0.717, 1.165) is 36.7 Å². The lowest BCUT2D eigenvalue weighted by Crippen LogP contribution is -2.38. The van der Waals surface area contributed by atoms with E-state index in [-0.39, 0.29) is 5.91 Å². The summed E-state index contributed by atoms with van der Waals surface area (Å²) in [6, 6.07) is 7.82. The molecule has 0 spiro atoms. The van der Waals surface area contributed by atoms with E-state index >= 15 is 0 Å². The number of carbonyl (C=O) groups is 1. The van der Waals surface area contributed by atoms with Crippen molar-refractivity contribution < 1.29 is 4.79 Å². The number of hydrogen-bond donors (Lipinski definition) is 1. The van der Waals surface area contributed by atoms with Crippen LogP contribution in [0.1, 0.15) is 44.6 Å². The van der Waals surface area contributed by atoms with E-state index in [4.69, 9.17) is 5.73 Å². The second-order valence-electron chi connectivity index (χ2n) is 5.81. The minimum absolute atomic E-state index is 0.281. The van der Waals surface area contributed by atoms with Gasteiger partial charge in [0.25, 0.3) is 0 Å². The molecule has 0 aliphatic carbocycles. The number of carbonyl (C=O) groups excluding carboxylic acids is 1. The lowest BCUT2D eigenvalue weighted by molar-refractivity contribution is -0.132. The van der Waals surface area contributed by atoms with Gasteiger partial charge in [0, 0.05) is 25.2 Å². The third-order valence-electron chi connectivity index (χ3n) is 4.33. The average molecular weight is 274 g/mol. The largest absolute Gasteiger partial charge is 0.399 e. The molecule has 2 rings (SSSR count). The van der Waals surface area contributed by atoms with Crippen molar-refractivity contribution >= 4 is 11.6 Å². The van der Waals surface area contributed by atoms with Crippen molar-refractivity contribution in [3.63, 3.8) is 0 Å². The zero-order valence-corrected chi connectivity index (χ0v) is 12.5.